The van der Waals surface area contributed by atoms with Crippen LogP contribution in [0.5, 0.6) is 0 Å². The maximum Gasteiger partial charge on any atom is 0.416 e. The second kappa shape index (κ2) is 7.97. The van der Waals surface area contributed by atoms with Gasteiger partial charge in [-0.15, -0.1) is 11.3 Å². The molecule has 0 atom stereocenters. The number of anilines is 1. The van der Waals surface area contributed by atoms with E-state index in [0.29, 0.717) is 18.6 Å². The van der Waals surface area contributed by atoms with Crippen LogP contribution in [0.1, 0.15) is 23.3 Å². The molecule has 1 heterocycles. The van der Waals surface area contributed by atoms with Crippen LogP contribution in [0.25, 0.3) is 0 Å². The SMILES string of the molecule is O=C(CCCc1cccs1)NNc1ccc(C(F)(F)F)cc1[N+](=O)[O-]. The molecule has 25 heavy (non-hydrogen) atoms. The van der Waals surface area contributed by atoms with Crippen molar-refractivity contribution < 1.29 is 22.9 Å². The van der Waals surface area contributed by atoms with Gasteiger partial charge in [0.15, 0.2) is 0 Å². The third-order valence-corrected chi connectivity index (χ3v) is 4.20. The molecule has 0 radical (unpaired) electrons. The predicted molar refractivity (Wildman–Crippen MR) is 87.1 cm³/mol. The quantitative estimate of drug-likeness (QED) is 0.564. The Bertz CT molecular complexity index is 748. The van der Waals surface area contributed by atoms with E-state index in [4.69, 9.17) is 0 Å². The van der Waals surface area contributed by atoms with E-state index in [1.54, 1.807) is 11.3 Å². The lowest BCUT2D eigenvalue weighted by atomic mass is 10.1. The Hall–Kier alpha value is -2.62. The van der Waals surface area contributed by atoms with Gasteiger partial charge in [-0.05, 0) is 36.4 Å². The first-order valence-electron chi connectivity index (χ1n) is 7.20. The fraction of sp³-hybridized carbons (Fsp3) is 0.267. The van der Waals surface area contributed by atoms with Crippen molar-refractivity contribution in [1.29, 1.82) is 0 Å². The molecule has 10 heteroatoms. The van der Waals surface area contributed by atoms with Gasteiger partial charge in [0.05, 0.1) is 10.5 Å². The highest BCUT2D eigenvalue weighted by molar-refractivity contribution is 7.09. The Kier molecular flexibility index (Phi) is 5.97. The zero-order chi connectivity index (χ0) is 18.4. The molecule has 1 aromatic carbocycles. The molecule has 2 rings (SSSR count). The number of carbonyl (C=O) groups is 1. The molecule has 0 bridgehead atoms. The smallest absolute Gasteiger partial charge is 0.292 e. The first-order chi connectivity index (χ1) is 11.8. The third-order valence-electron chi connectivity index (χ3n) is 3.27. The largest absolute Gasteiger partial charge is 0.416 e. The van der Waals surface area contributed by atoms with Crippen LogP contribution in [0.2, 0.25) is 0 Å². The minimum absolute atomic E-state index is 0.180. The maximum atomic E-state index is 12.6. The fourth-order valence-corrected chi connectivity index (χ4v) is 2.79. The average Bonchev–Trinajstić information content (AvgIpc) is 3.05. The van der Waals surface area contributed by atoms with Gasteiger partial charge in [0.2, 0.25) is 5.91 Å². The first-order valence-corrected chi connectivity index (χ1v) is 8.08. The Morgan fingerprint density at radius 3 is 2.64 bits per heavy atom. The number of amides is 1. The molecule has 2 N–H and O–H groups in total. The summed E-state index contributed by atoms with van der Waals surface area (Å²) in [7, 11) is 0. The zero-order valence-electron chi connectivity index (χ0n) is 12.8. The average molecular weight is 373 g/mol. The molecule has 0 spiro atoms. The highest BCUT2D eigenvalue weighted by Crippen LogP contribution is 2.34. The van der Waals surface area contributed by atoms with Crippen molar-refractivity contribution in [3.05, 3.63) is 56.3 Å². The number of benzene rings is 1. The second-order valence-electron chi connectivity index (χ2n) is 5.09. The van der Waals surface area contributed by atoms with Crippen LogP contribution in [0, 0.1) is 10.1 Å². The van der Waals surface area contributed by atoms with Crippen LogP contribution in [0.4, 0.5) is 24.5 Å². The number of carbonyl (C=O) groups excluding carboxylic acids is 1. The lowest BCUT2D eigenvalue weighted by molar-refractivity contribution is -0.384. The van der Waals surface area contributed by atoms with Gasteiger partial charge in [-0.3, -0.25) is 25.8 Å². The highest BCUT2D eigenvalue weighted by atomic mass is 32.1. The van der Waals surface area contributed by atoms with E-state index in [9.17, 15) is 28.1 Å². The summed E-state index contributed by atoms with van der Waals surface area (Å²) in [6, 6.07) is 5.90. The van der Waals surface area contributed by atoms with Crippen molar-refractivity contribution in [3.63, 3.8) is 0 Å². The van der Waals surface area contributed by atoms with Gasteiger partial charge >= 0.3 is 6.18 Å². The minimum Gasteiger partial charge on any atom is -0.292 e. The molecule has 1 amide bonds. The lowest BCUT2D eigenvalue weighted by Gasteiger charge is -2.11. The van der Waals surface area contributed by atoms with Crippen LogP contribution < -0.4 is 10.9 Å². The van der Waals surface area contributed by atoms with Crippen molar-refractivity contribution >= 4 is 28.6 Å². The minimum atomic E-state index is -4.69. The van der Waals surface area contributed by atoms with E-state index in [1.807, 2.05) is 17.5 Å². The van der Waals surface area contributed by atoms with Crippen LogP contribution in [-0.2, 0) is 17.4 Å². The van der Waals surface area contributed by atoms with Gasteiger partial charge in [-0.1, -0.05) is 6.07 Å². The van der Waals surface area contributed by atoms with Gasteiger partial charge in [-0.2, -0.15) is 13.2 Å². The normalized spacial score (nSPS) is 11.2. The predicted octanol–water partition coefficient (Wildman–Crippen LogP) is 4.14. The van der Waals surface area contributed by atoms with Gasteiger partial charge < -0.3 is 0 Å². The molecule has 0 aliphatic carbocycles. The van der Waals surface area contributed by atoms with Gasteiger partial charge in [0, 0.05) is 17.4 Å². The number of aryl methyl sites for hydroxylation is 1. The van der Waals surface area contributed by atoms with Crippen LogP contribution in [0.3, 0.4) is 0 Å². The zero-order valence-corrected chi connectivity index (χ0v) is 13.6. The number of nitro benzene ring substituents is 1. The molecule has 0 fully saturated rings. The summed E-state index contributed by atoms with van der Waals surface area (Å²) < 4.78 is 37.9. The molecular formula is C15H14F3N3O3S. The van der Waals surface area contributed by atoms with Gasteiger partial charge in [-0.25, -0.2) is 0 Å². The Balaban J connectivity index is 1.92. The summed E-state index contributed by atoms with van der Waals surface area (Å²) in [5, 5.41) is 12.9. The van der Waals surface area contributed by atoms with Crippen molar-refractivity contribution in [2.75, 3.05) is 5.43 Å². The summed E-state index contributed by atoms with van der Waals surface area (Å²) in [5.41, 5.74) is 2.45. The number of alkyl halides is 3. The number of rotatable bonds is 7. The number of nitrogens with one attached hydrogen (secondary N) is 2. The Morgan fingerprint density at radius 1 is 1.28 bits per heavy atom. The monoisotopic (exact) mass is 373 g/mol. The van der Waals surface area contributed by atoms with Crippen molar-refractivity contribution in [1.82, 2.24) is 5.43 Å². The van der Waals surface area contributed by atoms with E-state index in [1.165, 1.54) is 0 Å². The number of nitrogens with zero attached hydrogens (tertiary/aromatic N) is 1. The molecule has 0 unspecified atom stereocenters. The molecule has 0 aliphatic heterocycles. The number of hydrazine groups is 1. The van der Waals surface area contributed by atoms with Crippen LogP contribution in [0.15, 0.2) is 35.7 Å². The first kappa shape index (κ1) is 18.7. The summed E-state index contributed by atoms with van der Waals surface area (Å²) >= 11 is 1.58. The van der Waals surface area contributed by atoms with Crippen molar-refractivity contribution in [2.24, 2.45) is 0 Å². The van der Waals surface area contributed by atoms with Crippen LogP contribution >= 0.6 is 11.3 Å². The number of hydrogen-bond acceptors (Lipinski definition) is 5. The van der Waals surface area contributed by atoms with Crippen molar-refractivity contribution in [3.8, 4) is 0 Å². The number of nitro groups is 1. The molecule has 0 saturated carbocycles. The van der Waals surface area contributed by atoms with Gasteiger partial charge in [0.1, 0.15) is 5.69 Å². The van der Waals surface area contributed by atoms with Gasteiger partial charge in [0.25, 0.3) is 5.69 Å². The summed E-state index contributed by atoms with van der Waals surface area (Å²) in [6.45, 7) is 0. The van der Waals surface area contributed by atoms with E-state index >= 15 is 0 Å². The van der Waals surface area contributed by atoms with E-state index in [-0.39, 0.29) is 12.1 Å². The summed E-state index contributed by atoms with van der Waals surface area (Å²) in [6.07, 6.45) is -3.19. The molecule has 134 valence electrons. The highest BCUT2D eigenvalue weighted by Gasteiger charge is 2.33. The standard InChI is InChI=1S/C15H14F3N3O3S/c16-15(17,18)10-6-7-12(13(9-10)21(23)24)19-20-14(22)5-1-3-11-4-2-8-25-11/h2,4,6-9,19H,1,3,5H2,(H,20,22). The molecule has 2 aromatic rings. The Morgan fingerprint density at radius 2 is 2.04 bits per heavy atom. The molecule has 1 aromatic heterocycles. The Labute approximate surface area is 144 Å². The molecule has 0 saturated heterocycles. The third kappa shape index (κ3) is 5.45. The fourth-order valence-electron chi connectivity index (χ4n) is 2.04. The van der Waals surface area contributed by atoms with E-state index in [0.717, 1.165) is 17.4 Å². The van der Waals surface area contributed by atoms with Crippen LogP contribution in [-0.4, -0.2) is 10.8 Å². The second-order valence-corrected chi connectivity index (χ2v) is 6.13. The number of halogens is 3. The lowest BCUT2D eigenvalue weighted by Crippen LogP contribution is -2.29. The topological polar surface area (TPSA) is 84.3 Å². The van der Waals surface area contributed by atoms with Crippen molar-refractivity contribution in [2.45, 2.75) is 25.4 Å². The van der Waals surface area contributed by atoms with E-state index < -0.39 is 28.3 Å². The van der Waals surface area contributed by atoms with E-state index in [2.05, 4.69) is 10.9 Å². The number of hydrogen-bond donors (Lipinski definition) is 2. The summed E-state index contributed by atoms with van der Waals surface area (Å²) in [5.74, 6) is -0.411. The number of thiophene rings is 1. The summed E-state index contributed by atoms with van der Waals surface area (Å²) in [4.78, 5) is 22.9. The molecular weight excluding hydrogens is 359 g/mol. The molecule has 0 aliphatic rings. The molecule has 6 nitrogen and oxygen atoms in total. The maximum absolute atomic E-state index is 12.6.